The van der Waals surface area contributed by atoms with Gasteiger partial charge in [0.15, 0.2) is 6.29 Å². The molecule has 0 bridgehead atoms. The van der Waals surface area contributed by atoms with Crippen LogP contribution in [0.2, 0.25) is 0 Å². The Morgan fingerprint density at radius 2 is 1.71 bits per heavy atom. The van der Waals surface area contributed by atoms with Gasteiger partial charge in [-0.05, 0) is 0 Å². The first-order valence-electron chi connectivity index (χ1n) is 3.46. The minimum Gasteiger partial charge on any atom is -0.466 e. The molecule has 0 atom stereocenters. The summed E-state index contributed by atoms with van der Waals surface area (Å²) in [6.07, 6.45) is 1.46. The molecule has 0 radical (unpaired) electrons. The van der Waals surface area contributed by atoms with Crippen LogP contribution in [0.15, 0.2) is 24.8 Å². The van der Waals surface area contributed by atoms with Crippen molar-refractivity contribution in [2.75, 3.05) is 14.2 Å². The fourth-order valence-corrected chi connectivity index (χ4v) is 0.263. The minimum atomic E-state index is -0.681. The Labute approximate surface area is 82.0 Å². The summed E-state index contributed by atoms with van der Waals surface area (Å²) in [5, 5.41) is 0. The van der Waals surface area contributed by atoms with Gasteiger partial charge in [-0.2, -0.15) is 0 Å². The standard InChI is InChI=1S/C5H6O3.C4H6O2/c1-4(3-6)5(7)8-2;1-3-4(5)6-2/h3H,1H2,2H3;3H,1H2,2H3. The molecule has 0 aliphatic rings. The van der Waals surface area contributed by atoms with Crippen LogP contribution in [0.4, 0.5) is 0 Å². The maximum Gasteiger partial charge on any atom is 0.340 e. The van der Waals surface area contributed by atoms with E-state index in [1.807, 2.05) is 0 Å². The first-order chi connectivity index (χ1) is 6.53. The number of carbonyl (C=O) groups is 3. The van der Waals surface area contributed by atoms with Crippen molar-refractivity contribution in [1.29, 1.82) is 0 Å². The van der Waals surface area contributed by atoms with E-state index in [0.29, 0.717) is 6.29 Å². The molecule has 0 N–H and O–H groups in total. The Balaban J connectivity index is 0. The van der Waals surface area contributed by atoms with Gasteiger partial charge in [0, 0.05) is 6.08 Å². The average Bonchev–Trinajstić information content (AvgIpc) is 2.26. The lowest BCUT2D eigenvalue weighted by atomic mass is 10.3. The highest BCUT2D eigenvalue weighted by Gasteiger charge is 2.01. The van der Waals surface area contributed by atoms with Crippen LogP contribution >= 0.6 is 0 Å². The van der Waals surface area contributed by atoms with Crippen LogP contribution in [-0.4, -0.2) is 32.4 Å². The van der Waals surface area contributed by atoms with E-state index in [1.54, 1.807) is 0 Å². The Hall–Kier alpha value is -1.91. The van der Waals surface area contributed by atoms with E-state index in [0.717, 1.165) is 6.08 Å². The maximum atomic E-state index is 10.2. The molecule has 0 aromatic rings. The molecule has 0 aromatic carbocycles. The van der Waals surface area contributed by atoms with Crippen molar-refractivity contribution in [1.82, 2.24) is 0 Å². The quantitative estimate of drug-likeness (QED) is 0.215. The third kappa shape index (κ3) is 8.19. The summed E-state index contributed by atoms with van der Waals surface area (Å²) in [6, 6.07) is 0. The molecular weight excluding hydrogens is 188 g/mol. The van der Waals surface area contributed by atoms with Crippen molar-refractivity contribution in [3.63, 3.8) is 0 Å². The van der Waals surface area contributed by atoms with E-state index in [4.69, 9.17) is 0 Å². The average molecular weight is 200 g/mol. The number of hydrogen-bond acceptors (Lipinski definition) is 5. The van der Waals surface area contributed by atoms with Crippen molar-refractivity contribution >= 4 is 18.2 Å². The van der Waals surface area contributed by atoms with Crippen LogP contribution in [0.3, 0.4) is 0 Å². The summed E-state index contributed by atoms with van der Waals surface area (Å²) in [5.41, 5.74) is -0.160. The second kappa shape index (κ2) is 9.18. The fourth-order valence-electron chi connectivity index (χ4n) is 0.263. The molecule has 5 heteroatoms. The number of carbonyl (C=O) groups excluding carboxylic acids is 3. The zero-order valence-electron chi connectivity index (χ0n) is 8.11. The highest BCUT2D eigenvalue weighted by Crippen LogP contribution is 1.85. The monoisotopic (exact) mass is 200 g/mol. The predicted molar refractivity (Wildman–Crippen MR) is 49.4 cm³/mol. The number of aldehydes is 1. The van der Waals surface area contributed by atoms with Crippen molar-refractivity contribution < 1.29 is 23.9 Å². The predicted octanol–water partition coefficient (Wildman–Crippen LogP) is 0.260. The Kier molecular flexibility index (Phi) is 9.58. The summed E-state index contributed by atoms with van der Waals surface area (Å²) in [5.74, 6) is -1.07. The first kappa shape index (κ1) is 14.6. The summed E-state index contributed by atoms with van der Waals surface area (Å²) in [4.78, 5) is 29.7. The smallest absolute Gasteiger partial charge is 0.340 e. The van der Waals surface area contributed by atoms with Gasteiger partial charge in [0.2, 0.25) is 0 Å². The van der Waals surface area contributed by atoms with Crippen LogP contribution in [0.25, 0.3) is 0 Å². The topological polar surface area (TPSA) is 69.7 Å². The molecule has 14 heavy (non-hydrogen) atoms. The van der Waals surface area contributed by atoms with E-state index in [1.165, 1.54) is 14.2 Å². The van der Waals surface area contributed by atoms with E-state index < -0.39 is 11.9 Å². The summed E-state index contributed by atoms with van der Waals surface area (Å²) in [7, 11) is 2.50. The molecule has 0 aromatic heterocycles. The maximum absolute atomic E-state index is 10.2. The minimum absolute atomic E-state index is 0.160. The Morgan fingerprint density at radius 3 is 1.79 bits per heavy atom. The number of esters is 2. The Bertz CT molecular complexity index is 242. The largest absolute Gasteiger partial charge is 0.466 e. The van der Waals surface area contributed by atoms with Gasteiger partial charge in [-0.25, -0.2) is 9.59 Å². The fraction of sp³-hybridized carbons (Fsp3) is 0.222. The van der Waals surface area contributed by atoms with Crippen LogP contribution in [0.1, 0.15) is 0 Å². The Morgan fingerprint density at radius 1 is 1.21 bits per heavy atom. The van der Waals surface area contributed by atoms with E-state index in [9.17, 15) is 14.4 Å². The molecule has 0 rings (SSSR count). The van der Waals surface area contributed by atoms with Gasteiger partial charge in [0.05, 0.1) is 19.8 Å². The van der Waals surface area contributed by atoms with Gasteiger partial charge >= 0.3 is 11.9 Å². The normalized spacial score (nSPS) is 7.29. The van der Waals surface area contributed by atoms with Gasteiger partial charge in [-0.1, -0.05) is 13.2 Å². The third-order valence-electron chi connectivity index (χ3n) is 0.958. The molecule has 0 spiro atoms. The first-order valence-corrected chi connectivity index (χ1v) is 3.46. The van der Waals surface area contributed by atoms with Gasteiger partial charge in [0.25, 0.3) is 0 Å². The number of methoxy groups -OCH3 is 2. The van der Waals surface area contributed by atoms with Crippen molar-refractivity contribution in [2.45, 2.75) is 0 Å². The molecule has 0 aliphatic heterocycles. The summed E-state index contributed by atoms with van der Waals surface area (Å²) in [6.45, 7) is 6.26. The van der Waals surface area contributed by atoms with Gasteiger partial charge in [-0.3, -0.25) is 4.79 Å². The molecule has 5 nitrogen and oxygen atoms in total. The molecule has 0 fully saturated rings. The van der Waals surface area contributed by atoms with E-state index >= 15 is 0 Å². The molecule has 78 valence electrons. The molecular formula is C9H12O5. The van der Waals surface area contributed by atoms with Gasteiger partial charge in [-0.15, -0.1) is 0 Å². The lowest BCUT2D eigenvalue weighted by molar-refractivity contribution is -0.137. The molecule has 0 heterocycles. The number of rotatable bonds is 3. The number of hydrogen-bond donors (Lipinski definition) is 0. The zero-order valence-corrected chi connectivity index (χ0v) is 8.11. The van der Waals surface area contributed by atoms with Gasteiger partial charge in [0.1, 0.15) is 0 Å². The van der Waals surface area contributed by atoms with Crippen molar-refractivity contribution in [3.05, 3.63) is 24.8 Å². The van der Waals surface area contributed by atoms with Crippen molar-refractivity contribution in [3.8, 4) is 0 Å². The van der Waals surface area contributed by atoms with Gasteiger partial charge < -0.3 is 9.47 Å². The summed E-state index contributed by atoms with van der Waals surface area (Å²) < 4.78 is 8.28. The summed E-state index contributed by atoms with van der Waals surface area (Å²) >= 11 is 0. The SMILES string of the molecule is C=C(C=O)C(=O)OC.C=CC(=O)OC. The van der Waals surface area contributed by atoms with Crippen LogP contribution in [0, 0.1) is 0 Å². The molecule has 0 aliphatic carbocycles. The zero-order chi connectivity index (χ0) is 11.6. The lowest BCUT2D eigenvalue weighted by Gasteiger charge is -1.90. The second-order valence-electron chi connectivity index (χ2n) is 1.86. The number of ether oxygens (including phenoxy) is 2. The second-order valence-corrected chi connectivity index (χ2v) is 1.86. The lowest BCUT2D eigenvalue weighted by Crippen LogP contribution is -2.03. The molecule has 0 amide bonds. The molecule has 0 unspecified atom stereocenters. The van der Waals surface area contributed by atoms with Crippen LogP contribution in [0.5, 0.6) is 0 Å². The van der Waals surface area contributed by atoms with E-state index in [2.05, 4.69) is 22.6 Å². The van der Waals surface area contributed by atoms with Crippen LogP contribution < -0.4 is 0 Å². The highest BCUT2D eigenvalue weighted by molar-refractivity contribution is 6.06. The van der Waals surface area contributed by atoms with Crippen molar-refractivity contribution in [2.24, 2.45) is 0 Å². The highest BCUT2D eigenvalue weighted by atomic mass is 16.5. The van der Waals surface area contributed by atoms with E-state index in [-0.39, 0.29) is 5.57 Å². The van der Waals surface area contributed by atoms with Crippen LogP contribution in [-0.2, 0) is 23.9 Å². The molecule has 0 saturated heterocycles. The third-order valence-corrected chi connectivity index (χ3v) is 0.958. The molecule has 0 saturated carbocycles.